The third-order valence-corrected chi connectivity index (χ3v) is 3.92. The Kier molecular flexibility index (Phi) is 5.42. The largest absolute Gasteiger partial charge is 0.339 e. The van der Waals surface area contributed by atoms with E-state index in [9.17, 15) is 14.0 Å². The van der Waals surface area contributed by atoms with Crippen molar-refractivity contribution in [2.24, 2.45) is 0 Å². The zero-order valence-electron chi connectivity index (χ0n) is 14.2. The summed E-state index contributed by atoms with van der Waals surface area (Å²) in [7, 11) is 0. The van der Waals surface area contributed by atoms with E-state index in [1.54, 1.807) is 24.3 Å². The Labute approximate surface area is 159 Å². The maximum Gasteiger partial charge on any atom is 0.275 e. The molecule has 0 unspecified atom stereocenters. The van der Waals surface area contributed by atoms with Crippen molar-refractivity contribution in [3.63, 3.8) is 0 Å². The van der Waals surface area contributed by atoms with Gasteiger partial charge < -0.3 is 10.6 Å². The van der Waals surface area contributed by atoms with Gasteiger partial charge in [0.1, 0.15) is 17.3 Å². The number of anilines is 3. The molecule has 0 spiro atoms. The molecular formula is C19H14ClFN4O2. The summed E-state index contributed by atoms with van der Waals surface area (Å²) in [5.41, 5.74) is 1.76. The molecule has 1 amide bonds. The van der Waals surface area contributed by atoms with Crippen LogP contribution in [0.1, 0.15) is 27.8 Å². The Hall–Kier alpha value is -3.32. The number of amides is 1. The minimum atomic E-state index is -0.517. The van der Waals surface area contributed by atoms with Crippen LogP contribution < -0.4 is 10.6 Å². The van der Waals surface area contributed by atoms with Gasteiger partial charge in [0.15, 0.2) is 5.78 Å². The molecule has 8 heteroatoms. The van der Waals surface area contributed by atoms with Crippen molar-refractivity contribution in [1.82, 2.24) is 9.97 Å². The van der Waals surface area contributed by atoms with Crippen LogP contribution in [-0.4, -0.2) is 21.7 Å². The van der Waals surface area contributed by atoms with Crippen LogP contribution in [-0.2, 0) is 0 Å². The zero-order valence-corrected chi connectivity index (χ0v) is 14.9. The fourth-order valence-electron chi connectivity index (χ4n) is 2.22. The van der Waals surface area contributed by atoms with Crippen molar-refractivity contribution in [1.29, 1.82) is 0 Å². The van der Waals surface area contributed by atoms with Gasteiger partial charge in [-0.3, -0.25) is 9.59 Å². The van der Waals surface area contributed by atoms with Crippen LogP contribution in [0.4, 0.5) is 21.6 Å². The van der Waals surface area contributed by atoms with Gasteiger partial charge in [-0.15, -0.1) is 0 Å². The Morgan fingerprint density at radius 3 is 2.30 bits per heavy atom. The highest BCUT2D eigenvalue weighted by Crippen LogP contribution is 2.21. The van der Waals surface area contributed by atoms with Gasteiger partial charge in [0.2, 0.25) is 0 Å². The molecule has 0 atom stereocenters. The molecular weight excluding hydrogens is 371 g/mol. The summed E-state index contributed by atoms with van der Waals surface area (Å²) in [5.74, 6) is -0.629. The molecule has 0 saturated heterocycles. The molecule has 6 nitrogen and oxygen atoms in total. The third-order valence-electron chi connectivity index (χ3n) is 3.63. The van der Waals surface area contributed by atoms with E-state index in [1.165, 1.54) is 37.5 Å². The first-order chi connectivity index (χ1) is 12.9. The molecule has 0 fully saturated rings. The molecule has 0 aliphatic rings. The monoisotopic (exact) mass is 384 g/mol. The first kappa shape index (κ1) is 18.5. The van der Waals surface area contributed by atoms with Crippen LogP contribution in [0.5, 0.6) is 0 Å². The van der Waals surface area contributed by atoms with Crippen LogP contribution in [0.25, 0.3) is 0 Å². The number of halogens is 2. The Bertz CT molecular complexity index is 992. The van der Waals surface area contributed by atoms with Gasteiger partial charge in [0.05, 0.1) is 17.4 Å². The van der Waals surface area contributed by atoms with Crippen molar-refractivity contribution in [2.75, 3.05) is 10.6 Å². The standard InChI is InChI=1S/C19H14ClFN4O2/c1-11(26)12-2-4-13(5-3-12)25-19(27)17-9-23-18(10-22-17)24-14-6-7-16(21)15(20)8-14/h2-10H,1H3,(H,23,24)(H,25,27). The number of hydrogen-bond donors (Lipinski definition) is 2. The van der Waals surface area contributed by atoms with E-state index in [0.717, 1.165) is 0 Å². The van der Waals surface area contributed by atoms with Crippen LogP contribution in [0, 0.1) is 5.82 Å². The molecule has 0 aliphatic heterocycles. The maximum atomic E-state index is 13.2. The van der Waals surface area contributed by atoms with Crippen LogP contribution in [0.3, 0.4) is 0 Å². The topological polar surface area (TPSA) is 84.0 Å². The van der Waals surface area contributed by atoms with Gasteiger partial charge in [-0.2, -0.15) is 0 Å². The van der Waals surface area contributed by atoms with Gasteiger partial charge in [-0.25, -0.2) is 14.4 Å². The van der Waals surface area contributed by atoms with Crippen LogP contribution in [0.15, 0.2) is 54.9 Å². The van der Waals surface area contributed by atoms with Gasteiger partial charge in [0.25, 0.3) is 5.91 Å². The highest BCUT2D eigenvalue weighted by molar-refractivity contribution is 6.31. The number of nitrogens with zero attached hydrogens (tertiary/aromatic N) is 2. The quantitative estimate of drug-likeness (QED) is 0.634. The van der Waals surface area contributed by atoms with Crippen LogP contribution in [0.2, 0.25) is 5.02 Å². The highest BCUT2D eigenvalue weighted by atomic mass is 35.5. The number of carbonyl (C=O) groups excluding carboxylic acids is 2. The number of ketones is 1. The summed E-state index contributed by atoms with van der Waals surface area (Å²) < 4.78 is 13.2. The molecule has 3 aromatic rings. The Morgan fingerprint density at radius 1 is 1.00 bits per heavy atom. The second-order valence-electron chi connectivity index (χ2n) is 5.63. The predicted molar refractivity (Wildman–Crippen MR) is 101 cm³/mol. The van der Waals surface area contributed by atoms with E-state index in [1.807, 2.05) is 0 Å². The van der Waals surface area contributed by atoms with Crippen molar-refractivity contribution in [2.45, 2.75) is 6.92 Å². The molecule has 27 heavy (non-hydrogen) atoms. The average molecular weight is 385 g/mol. The molecule has 1 aromatic heterocycles. The van der Waals surface area contributed by atoms with Gasteiger partial charge in [-0.05, 0) is 49.4 Å². The normalized spacial score (nSPS) is 10.3. The van der Waals surface area contributed by atoms with E-state index in [4.69, 9.17) is 11.6 Å². The highest BCUT2D eigenvalue weighted by Gasteiger charge is 2.10. The van der Waals surface area contributed by atoms with E-state index in [0.29, 0.717) is 22.8 Å². The lowest BCUT2D eigenvalue weighted by Crippen LogP contribution is -2.14. The molecule has 2 N–H and O–H groups in total. The molecule has 1 heterocycles. The number of Topliss-reactive ketones (excluding diaryl/α,β-unsaturated/α-hetero) is 1. The summed E-state index contributed by atoms with van der Waals surface area (Å²) >= 11 is 5.73. The molecule has 136 valence electrons. The minimum absolute atomic E-state index is 0.0141. The molecule has 0 bridgehead atoms. The molecule has 0 radical (unpaired) electrons. The third kappa shape index (κ3) is 4.65. The summed E-state index contributed by atoms with van der Waals surface area (Å²) in [6, 6.07) is 10.7. The number of hydrogen-bond acceptors (Lipinski definition) is 5. The van der Waals surface area contributed by atoms with Gasteiger partial charge >= 0.3 is 0 Å². The van der Waals surface area contributed by atoms with Gasteiger partial charge in [-0.1, -0.05) is 11.6 Å². The van der Waals surface area contributed by atoms with Crippen molar-refractivity contribution < 1.29 is 14.0 Å². The average Bonchev–Trinajstić information content (AvgIpc) is 2.66. The summed E-state index contributed by atoms with van der Waals surface area (Å²) in [6.07, 6.45) is 2.69. The van der Waals surface area contributed by atoms with Crippen molar-refractivity contribution in [3.8, 4) is 0 Å². The molecule has 0 saturated carbocycles. The predicted octanol–water partition coefficient (Wildman–Crippen LogP) is 4.47. The SMILES string of the molecule is CC(=O)c1ccc(NC(=O)c2cnc(Nc3ccc(F)c(Cl)c3)cn2)cc1. The second kappa shape index (κ2) is 7.92. The minimum Gasteiger partial charge on any atom is -0.339 e. The fourth-order valence-corrected chi connectivity index (χ4v) is 2.40. The number of aromatic nitrogens is 2. The van der Waals surface area contributed by atoms with Crippen molar-refractivity contribution in [3.05, 3.63) is 77.0 Å². The number of nitrogens with one attached hydrogen (secondary N) is 2. The van der Waals surface area contributed by atoms with Gasteiger partial charge in [0, 0.05) is 16.9 Å². The first-order valence-electron chi connectivity index (χ1n) is 7.89. The number of benzene rings is 2. The lowest BCUT2D eigenvalue weighted by molar-refractivity contribution is 0.101. The van der Waals surface area contributed by atoms with E-state index in [-0.39, 0.29) is 16.5 Å². The molecule has 2 aromatic carbocycles. The maximum absolute atomic E-state index is 13.2. The summed E-state index contributed by atoms with van der Waals surface area (Å²) in [6.45, 7) is 1.47. The van der Waals surface area contributed by atoms with E-state index < -0.39 is 11.7 Å². The number of rotatable bonds is 5. The van der Waals surface area contributed by atoms with E-state index in [2.05, 4.69) is 20.6 Å². The molecule has 0 aliphatic carbocycles. The second-order valence-corrected chi connectivity index (χ2v) is 6.04. The Balaban J connectivity index is 1.66. The fraction of sp³-hybridized carbons (Fsp3) is 0.0526. The van der Waals surface area contributed by atoms with Crippen LogP contribution >= 0.6 is 11.6 Å². The lowest BCUT2D eigenvalue weighted by atomic mass is 10.1. The van der Waals surface area contributed by atoms with Crippen molar-refractivity contribution >= 4 is 40.5 Å². The number of carbonyl (C=O) groups is 2. The summed E-state index contributed by atoms with van der Waals surface area (Å²) in [4.78, 5) is 31.7. The first-order valence-corrected chi connectivity index (χ1v) is 8.26. The zero-order chi connectivity index (χ0) is 19.4. The van der Waals surface area contributed by atoms with E-state index >= 15 is 0 Å². The lowest BCUT2D eigenvalue weighted by Gasteiger charge is -2.08. The smallest absolute Gasteiger partial charge is 0.275 e. The molecule has 3 rings (SSSR count). The Morgan fingerprint density at radius 2 is 1.70 bits per heavy atom. The summed E-state index contributed by atoms with van der Waals surface area (Å²) in [5, 5.41) is 5.58.